The lowest BCUT2D eigenvalue weighted by Crippen LogP contribution is -2.49. The molecule has 1 saturated heterocycles. The topological polar surface area (TPSA) is 66.1 Å². The van der Waals surface area contributed by atoms with Crippen molar-refractivity contribution in [2.75, 3.05) is 31.1 Å². The van der Waals surface area contributed by atoms with E-state index < -0.39 is 0 Å². The van der Waals surface area contributed by atoms with Crippen molar-refractivity contribution in [1.82, 2.24) is 20.5 Å². The zero-order chi connectivity index (χ0) is 14.2. The van der Waals surface area contributed by atoms with Crippen LogP contribution in [0.25, 0.3) is 11.4 Å². The van der Waals surface area contributed by atoms with Gasteiger partial charge < -0.3 is 15.0 Å². The largest absolute Gasteiger partial charge is 0.493 e. The zero-order valence-electron chi connectivity index (χ0n) is 12.1. The van der Waals surface area contributed by atoms with Crippen LogP contribution in [0.4, 0.5) is 5.95 Å². The molecule has 0 bridgehead atoms. The van der Waals surface area contributed by atoms with Crippen molar-refractivity contribution >= 4 is 5.95 Å². The van der Waals surface area contributed by atoms with Crippen LogP contribution >= 0.6 is 0 Å². The van der Waals surface area contributed by atoms with Crippen LogP contribution in [0, 0.1) is 0 Å². The van der Waals surface area contributed by atoms with Gasteiger partial charge in [-0.15, -0.1) is 5.10 Å². The van der Waals surface area contributed by atoms with E-state index in [0.29, 0.717) is 6.04 Å². The second-order valence-electron chi connectivity index (χ2n) is 5.71. The number of anilines is 1. The van der Waals surface area contributed by atoms with E-state index >= 15 is 0 Å². The smallest absolute Gasteiger partial charge is 0.245 e. The first-order valence-corrected chi connectivity index (χ1v) is 7.46. The highest BCUT2D eigenvalue weighted by Crippen LogP contribution is 2.29. The highest BCUT2D eigenvalue weighted by atomic mass is 16.5. The molecule has 6 nitrogen and oxygen atoms in total. The maximum Gasteiger partial charge on any atom is 0.245 e. The molecule has 0 unspecified atom stereocenters. The summed E-state index contributed by atoms with van der Waals surface area (Å²) >= 11 is 0. The van der Waals surface area contributed by atoms with Crippen molar-refractivity contribution in [3.8, 4) is 17.1 Å². The van der Waals surface area contributed by atoms with E-state index in [-0.39, 0.29) is 0 Å². The van der Waals surface area contributed by atoms with Gasteiger partial charge in [-0.25, -0.2) is 0 Å². The Morgan fingerprint density at radius 1 is 1.38 bits per heavy atom. The standard InChI is InChI=1S/C15H19N5O/c1-10-9-20(6-5-16-10)15-17-14(18-19-15)12-2-3-13-11(8-12)4-7-21-13/h2-3,8,10,16H,4-7,9H2,1H3,(H,17,18,19)/t10-/m1/s1. The van der Waals surface area contributed by atoms with E-state index in [1.807, 2.05) is 12.1 Å². The molecule has 1 aromatic heterocycles. The molecule has 6 heteroatoms. The minimum absolute atomic E-state index is 0.470. The first-order chi connectivity index (χ1) is 10.3. The van der Waals surface area contributed by atoms with E-state index in [1.165, 1.54) is 5.56 Å². The van der Waals surface area contributed by atoms with Gasteiger partial charge in [-0.2, -0.15) is 4.98 Å². The van der Waals surface area contributed by atoms with Gasteiger partial charge in [0.25, 0.3) is 0 Å². The molecule has 0 saturated carbocycles. The lowest BCUT2D eigenvalue weighted by molar-refractivity contribution is 0.357. The lowest BCUT2D eigenvalue weighted by Gasteiger charge is -2.30. The summed E-state index contributed by atoms with van der Waals surface area (Å²) in [6.07, 6.45) is 0.972. The Morgan fingerprint density at radius 2 is 2.33 bits per heavy atom. The summed E-state index contributed by atoms with van der Waals surface area (Å²) in [4.78, 5) is 6.87. The Labute approximate surface area is 123 Å². The summed E-state index contributed by atoms with van der Waals surface area (Å²) in [5.41, 5.74) is 2.32. The summed E-state index contributed by atoms with van der Waals surface area (Å²) in [5.74, 6) is 2.61. The average Bonchev–Trinajstić information content (AvgIpc) is 3.15. The maximum atomic E-state index is 5.54. The molecule has 0 amide bonds. The van der Waals surface area contributed by atoms with Crippen molar-refractivity contribution in [1.29, 1.82) is 0 Å². The molecule has 0 radical (unpaired) electrons. The molecule has 2 aromatic rings. The Balaban J connectivity index is 1.59. The molecule has 1 fully saturated rings. The van der Waals surface area contributed by atoms with Crippen LogP contribution < -0.4 is 15.0 Å². The molecule has 0 aliphatic carbocycles. The third-order valence-electron chi connectivity index (χ3n) is 4.09. The number of nitrogens with zero attached hydrogens (tertiary/aromatic N) is 3. The first kappa shape index (κ1) is 12.6. The molecule has 1 atom stereocenters. The van der Waals surface area contributed by atoms with Gasteiger partial charge in [-0.3, -0.25) is 5.10 Å². The molecule has 3 heterocycles. The third kappa shape index (κ3) is 2.35. The number of hydrogen-bond donors (Lipinski definition) is 2. The Hall–Kier alpha value is -2.08. The van der Waals surface area contributed by atoms with Crippen molar-refractivity contribution in [2.24, 2.45) is 0 Å². The van der Waals surface area contributed by atoms with Gasteiger partial charge in [0.1, 0.15) is 5.75 Å². The highest BCUT2D eigenvalue weighted by molar-refractivity contribution is 5.60. The SMILES string of the molecule is C[C@@H]1CN(c2n[nH]c(-c3ccc4c(c3)CCO4)n2)CCN1. The second kappa shape index (κ2) is 5.04. The number of H-pyrrole nitrogens is 1. The number of benzene rings is 1. The number of aromatic nitrogens is 3. The average molecular weight is 285 g/mol. The van der Waals surface area contributed by atoms with Gasteiger partial charge in [0.15, 0.2) is 5.82 Å². The predicted octanol–water partition coefficient (Wildman–Crippen LogP) is 1.20. The summed E-state index contributed by atoms with van der Waals surface area (Å²) in [6, 6.07) is 6.67. The molecule has 2 aliphatic rings. The fourth-order valence-corrected chi connectivity index (χ4v) is 2.97. The number of rotatable bonds is 2. The number of nitrogens with one attached hydrogen (secondary N) is 2. The second-order valence-corrected chi connectivity index (χ2v) is 5.71. The van der Waals surface area contributed by atoms with Gasteiger partial charge in [0.05, 0.1) is 6.61 Å². The van der Waals surface area contributed by atoms with E-state index in [1.54, 1.807) is 0 Å². The first-order valence-electron chi connectivity index (χ1n) is 7.46. The van der Waals surface area contributed by atoms with Gasteiger partial charge >= 0.3 is 0 Å². The molecule has 110 valence electrons. The van der Waals surface area contributed by atoms with Crippen molar-refractivity contribution < 1.29 is 4.74 Å². The molecule has 2 aliphatic heterocycles. The highest BCUT2D eigenvalue weighted by Gasteiger charge is 2.20. The normalized spacial score (nSPS) is 21.2. The summed E-state index contributed by atoms with van der Waals surface area (Å²) in [5, 5.41) is 10.9. The minimum atomic E-state index is 0.470. The molecule has 4 rings (SSSR count). The van der Waals surface area contributed by atoms with Crippen molar-refractivity contribution in [3.05, 3.63) is 23.8 Å². The van der Waals surface area contributed by atoms with Gasteiger partial charge in [-0.1, -0.05) is 0 Å². The van der Waals surface area contributed by atoms with Gasteiger partial charge in [-0.05, 0) is 30.7 Å². The number of piperazine rings is 1. The maximum absolute atomic E-state index is 5.54. The van der Waals surface area contributed by atoms with E-state index in [4.69, 9.17) is 4.74 Å². The number of ether oxygens (including phenoxy) is 1. The summed E-state index contributed by atoms with van der Waals surface area (Å²) < 4.78 is 5.54. The molecular formula is C15H19N5O. The molecule has 0 spiro atoms. The molecule has 2 N–H and O–H groups in total. The third-order valence-corrected chi connectivity index (χ3v) is 4.09. The van der Waals surface area contributed by atoms with Crippen LogP contribution in [0.3, 0.4) is 0 Å². The van der Waals surface area contributed by atoms with E-state index in [9.17, 15) is 0 Å². The number of hydrogen-bond acceptors (Lipinski definition) is 5. The summed E-state index contributed by atoms with van der Waals surface area (Å²) in [6.45, 7) is 5.82. The number of fused-ring (bicyclic) bond motifs is 1. The Bertz CT molecular complexity index is 653. The quantitative estimate of drug-likeness (QED) is 0.868. The predicted molar refractivity (Wildman–Crippen MR) is 80.7 cm³/mol. The zero-order valence-corrected chi connectivity index (χ0v) is 12.1. The van der Waals surface area contributed by atoms with Gasteiger partial charge in [0.2, 0.25) is 5.95 Å². The molecule has 1 aromatic carbocycles. The van der Waals surface area contributed by atoms with Crippen LogP contribution in [0.15, 0.2) is 18.2 Å². The number of aromatic amines is 1. The van der Waals surface area contributed by atoms with Crippen molar-refractivity contribution in [3.63, 3.8) is 0 Å². The molecule has 21 heavy (non-hydrogen) atoms. The van der Waals surface area contributed by atoms with Crippen LogP contribution in [0.1, 0.15) is 12.5 Å². The van der Waals surface area contributed by atoms with Crippen LogP contribution in [-0.2, 0) is 6.42 Å². The molecular weight excluding hydrogens is 266 g/mol. The fourth-order valence-electron chi connectivity index (χ4n) is 2.97. The minimum Gasteiger partial charge on any atom is -0.493 e. The van der Waals surface area contributed by atoms with Crippen molar-refractivity contribution in [2.45, 2.75) is 19.4 Å². The van der Waals surface area contributed by atoms with Gasteiger partial charge in [0, 0.05) is 37.7 Å². The lowest BCUT2D eigenvalue weighted by atomic mass is 10.1. The van der Waals surface area contributed by atoms with E-state index in [0.717, 1.165) is 55.7 Å². The van der Waals surface area contributed by atoms with E-state index in [2.05, 4.69) is 38.4 Å². The Morgan fingerprint density at radius 3 is 3.24 bits per heavy atom. The summed E-state index contributed by atoms with van der Waals surface area (Å²) in [7, 11) is 0. The van der Waals surface area contributed by atoms with Crippen LogP contribution in [0.2, 0.25) is 0 Å². The van der Waals surface area contributed by atoms with Crippen LogP contribution in [0.5, 0.6) is 5.75 Å². The Kier molecular flexibility index (Phi) is 3.03. The van der Waals surface area contributed by atoms with Crippen LogP contribution in [-0.4, -0.2) is 47.5 Å². The monoisotopic (exact) mass is 285 g/mol. The fraction of sp³-hybridized carbons (Fsp3) is 0.467.